The summed E-state index contributed by atoms with van der Waals surface area (Å²) in [4.78, 5) is 16.7. The molecule has 1 saturated heterocycles. The van der Waals surface area contributed by atoms with Gasteiger partial charge in [-0.1, -0.05) is 0 Å². The first-order chi connectivity index (χ1) is 7.61. The van der Waals surface area contributed by atoms with Crippen molar-refractivity contribution in [2.45, 2.75) is 6.42 Å². The Labute approximate surface area is 100 Å². The highest BCUT2D eigenvalue weighted by Gasteiger charge is 2.32. The van der Waals surface area contributed by atoms with Crippen molar-refractivity contribution in [3.8, 4) is 0 Å². The van der Waals surface area contributed by atoms with Crippen LogP contribution in [0.25, 0.3) is 0 Å². The number of amides is 1. The second-order valence-corrected chi connectivity index (χ2v) is 4.63. The van der Waals surface area contributed by atoms with Gasteiger partial charge in [-0.25, -0.2) is 9.37 Å². The Morgan fingerprint density at radius 2 is 2.44 bits per heavy atom. The summed E-state index contributed by atoms with van der Waals surface area (Å²) in [6, 6.07) is 1.27. The van der Waals surface area contributed by atoms with E-state index in [1.54, 1.807) is 0 Å². The van der Waals surface area contributed by atoms with Crippen molar-refractivity contribution in [3.63, 3.8) is 0 Å². The van der Waals surface area contributed by atoms with Gasteiger partial charge >= 0.3 is 0 Å². The standard InChI is InChI=1S/C10H10BrFN2O2/c11-7-2-8(12)10(13-3-7)14-4-6(5-15)1-9(14)16/h2-3,6,15H,1,4-5H2. The molecule has 0 radical (unpaired) electrons. The number of carbonyl (C=O) groups is 1. The van der Waals surface area contributed by atoms with E-state index in [0.717, 1.165) is 0 Å². The summed E-state index contributed by atoms with van der Waals surface area (Å²) >= 11 is 3.10. The van der Waals surface area contributed by atoms with E-state index in [9.17, 15) is 9.18 Å². The zero-order valence-corrected chi connectivity index (χ0v) is 9.95. The number of halogens is 2. The van der Waals surface area contributed by atoms with Gasteiger partial charge in [-0.05, 0) is 22.0 Å². The second kappa shape index (κ2) is 4.47. The van der Waals surface area contributed by atoms with E-state index in [-0.39, 0.29) is 30.7 Å². The summed E-state index contributed by atoms with van der Waals surface area (Å²) < 4.78 is 14.1. The summed E-state index contributed by atoms with van der Waals surface area (Å²) in [6.45, 7) is 0.251. The molecule has 1 aliphatic heterocycles. The first-order valence-corrected chi connectivity index (χ1v) is 5.63. The zero-order valence-electron chi connectivity index (χ0n) is 8.36. The normalized spacial score (nSPS) is 20.6. The third-order valence-electron chi connectivity index (χ3n) is 2.51. The lowest BCUT2D eigenvalue weighted by molar-refractivity contribution is -0.117. The monoisotopic (exact) mass is 288 g/mol. The molecule has 1 aromatic heterocycles. The van der Waals surface area contributed by atoms with Crippen LogP contribution >= 0.6 is 15.9 Å². The summed E-state index contributed by atoms with van der Waals surface area (Å²) in [5.41, 5.74) is 0. The van der Waals surface area contributed by atoms with Crippen molar-refractivity contribution < 1.29 is 14.3 Å². The number of nitrogens with zero attached hydrogens (tertiary/aromatic N) is 2. The van der Waals surface area contributed by atoms with Gasteiger partial charge in [0.15, 0.2) is 11.6 Å². The maximum atomic E-state index is 13.6. The largest absolute Gasteiger partial charge is 0.396 e. The van der Waals surface area contributed by atoms with Crippen molar-refractivity contribution >= 4 is 27.7 Å². The second-order valence-electron chi connectivity index (χ2n) is 3.72. The van der Waals surface area contributed by atoms with Crippen molar-refractivity contribution in [2.75, 3.05) is 18.1 Å². The van der Waals surface area contributed by atoms with Crippen LogP contribution in [0.5, 0.6) is 0 Å². The summed E-state index contributed by atoms with van der Waals surface area (Å²) in [7, 11) is 0. The molecule has 2 heterocycles. The van der Waals surface area contributed by atoms with Crippen molar-refractivity contribution in [3.05, 3.63) is 22.6 Å². The van der Waals surface area contributed by atoms with Gasteiger partial charge in [-0.3, -0.25) is 9.69 Å². The smallest absolute Gasteiger partial charge is 0.228 e. The summed E-state index contributed by atoms with van der Waals surface area (Å²) in [5, 5.41) is 8.96. The maximum Gasteiger partial charge on any atom is 0.228 e. The van der Waals surface area contributed by atoms with Crippen LogP contribution in [0.2, 0.25) is 0 Å². The van der Waals surface area contributed by atoms with Crippen LogP contribution in [-0.4, -0.2) is 29.1 Å². The van der Waals surface area contributed by atoms with E-state index in [1.165, 1.54) is 17.2 Å². The molecular weight excluding hydrogens is 279 g/mol. The molecule has 86 valence electrons. The van der Waals surface area contributed by atoms with Crippen LogP contribution in [0.3, 0.4) is 0 Å². The van der Waals surface area contributed by atoms with Crippen LogP contribution in [0.1, 0.15) is 6.42 Å². The number of aromatic nitrogens is 1. The molecular formula is C10H10BrFN2O2. The SMILES string of the molecule is O=C1CC(CO)CN1c1ncc(Br)cc1F. The molecule has 0 aromatic carbocycles. The van der Waals surface area contributed by atoms with Gasteiger partial charge in [0.2, 0.25) is 5.91 Å². The van der Waals surface area contributed by atoms with E-state index in [0.29, 0.717) is 11.0 Å². The number of anilines is 1. The van der Waals surface area contributed by atoms with Gasteiger partial charge in [0.1, 0.15) is 0 Å². The highest BCUT2D eigenvalue weighted by Crippen LogP contribution is 2.26. The lowest BCUT2D eigenvalue weighted by atomic mass is 10.1. The number of hydrogen-bond acceptors (Lipinski definition) is 3. The molecule has 4 nitrogen and oxygen atoms in total. The Kier molecular flexibility index (Phi) is 3.20. The fraction of sp³-hybridized carbons (Fsp3) is 0.400. The molecule has 1 N–H and O–H groups in total. The predicted octanol–water partition coefficient (Wildman–Crippen LogP) is 1.33. The molecule has 16 heavy (non-hydrogen) atoms. The molecule has 2 rings (SSSR count). The molecule has 1 amide bonds. The molecule has 1 aliphatic rings. The number of hydrogen-bond donors (Lipinski definition) is 1. The fourth-order valence-electron chi connectivity index (χ4n) is 1.71. The van der Waals surface area contributed by atoms with Gasteiger partial charge in [-0.2, -0.15) is 0 Å². The third-order valence-corrected chi connectivity index (χ3v) is 2.94. The quantitative estimate of drug-likeness (QED) is 0.893. The molecule has 0 aliphatic carbocycles. The number of rotatable bonds is 2. The molecule has 0 spiro atoms. The Morgan fingerprint density at radius 1 is 1.69 bits per heavy atom. The average Bonchev–Trinajstić information content (AvgIpc) is 2.60. The van der Waals surface area contributed by atoms with E-state index >= 15 is 0 Å². The predicted molar refractivity (Wildman–Crippen MR) is 59.4 cm³/mol. The zero-order chi connectivity index (χ0) is 11.7. The van der Waals surface area contributed by atoms with Crippen LogP contribution in [-0.2, 0) is 4.79 Å². The summed E-state index contributed by atoms with van der Waals surface area (Å²) in [6.07, 6.45) is 1.69. The van der Waals surface area contributed by atoms with Gasteiger partial charge in [0.25, 0.3) is 0 Å². The number of pyridine rings is 1. The highest BCUT2D eigenvalue weighted by atomic mass is 79.9. The first kappa shape index (κ1) is 11.5. The van der Waals surface area contributed by atoms with Crippen LogP contribution in [0.15, 0.2) is 16.7 Å². The maximum absolute atomic E-state index is 13.6. The van der Waals surface area contributed by atoms with Crippen molar-refractivity contribution in [2.24, 2.45) is 5.92 Å². The molecule has 6 heteroatoms. The van der Waals surface area contributed by atoms with E-state index < -0.39 is 5.82 Å². The Hall–Kier alpha value is -1.01. The van der Waals surface area contributed by atoms with Crippen LogP contribution in [0, 0.1) is 11.7 Å². The van der Waals surface area contributed by atoms with Crippen LogP contribution < -0.4 is 4.90 Å². The van der Waals surface area contributed by atoms with Crippen molar-refractivity contribution in [1.29, 1.82) is 0 Å². The van der Waals surface area contributed by atoms with Crippen molar-refractivity contribution in [1.82, 2.24) is 4.98 Å². The lowest BCUT2D eigenvalue weighted by Crippen LogP contribution is -2.26. The van der Waals surface area contributed by atoms with E-state index in [2.05, 4.69) is 20.9 Å². The van der Waals surface area contributed by atoms with Gasteiger partial charge in [-0.15, -0.1) is 0 Å². The summed E-state index contributed by atoms with van der Waals surface area (Å²) in [5.74, 6) is -0.837. The molecule has 0 saturated carbocycles. The highest BCUT2D eigenvalue weighted by molar-refractivity contribution is 9.10. The Bertz CT molecular complexity index is 427. The topological polar surface area (TPSA) is 53.4 Å². The molecule has 1 unspecified atom stereocenters. The number of carbonyl (C=O) groups excluding carboxylic acids is 1. The lowest BCUT2D eigenvalue weighted by Gasteiger charge is -2.15. The fourth-order valence-corrected chi connectivity index (χ4v) is 2.02. The average molecular weight is 289 g/mol. The van der Waals surface area contributed by atoms with Gasteiger partial charge in [0.05, 0.1) is 0 Å². The minimum absolute atomic E-state index is 0.0316. The Balaban J connectivity index is 2.28. The van der Waals surface area contributed by atoms with E-state index in [4.69, 9.17) is 5.11 Å². The molecule has 1 aromatic rings. The van der Waals surface area contributed by atoms with Gasteiger partial charge < -0.3 is 5.11 Å². The molecule has 0 bridgehead atoms. The third kappa shape index (κ3) is 2.08. The molecule has 1 atom stereocenters. The number of aliphatic hydroxyl groups is 1. The van der Waals surface area contributed by atoms with E-state index in [1.807, 2.05) is 0 Å². The van der Waals surface area contributed by atoms with Gasteiger partial charge in [0, 0.05) is 36.2 Å². The first-order valence-electron chi connectivity index (χ1n) is 4.84. The van der Waals surface area contributed by atoms with Crippen LogP contribution in [0.4, 0.5) is 10.2 Å². The minimum Gasteiger partial charge on any atom is -0.396 e. The molecule has 1 fully saturated rings. The number of aliphatic hydroxyl groups excluding tert-OH is 1. The minimum atomic E-state index is -0.540. The Morgan fingerprint density at radius 3 is 3.00 bits per heavy atom.